The van der Waals surface area contributed by atoms with E-state index in [1.165, 1.54) is 50.8 Å². The second-order valence-corrected chi connectivity index (χ2v) is 5.72. The number of piperidine rings is 1. The smallest absolute Gasteiger partial charge is 0.0922 e. The number of hydrogen-bond acceptors (Lipinski definition) is 3. The zero-order chi connectivity index (χ0) is 12.2. The van der Waals surface area contributed by atoms with Gasteiger partial charge in [-0.2, -0.15) is 0 Å². The summed E-state index contributed by atoms with van der Waals surface area (Å²) in [6.07, 6.45) is 11.9. The largest absolute Gasteiger partial charge is 0.347 e. The Hall–Kier alpha value is -0.870. The van der Waals surface area contributed by atoms with Crippen molar-refractivity contribution in [2.24, 2.45) is 5.92 Å². The Morgan fingerprint density at radius 3 is 3.00 bits per heavy atom. The Balaban J connectivity index is 1.53. The van der Waals surface area contributed by atoms with E-state index in [0.717, 1.165) is 18.5 Å². The lowest BCUT2D eigenvalue weighted by Gasteiger charge is -2.33. The van der Waals surface area contributed by atoms with Crippen molar-refractivity contribution in [1.82, 2.24) is 20.6 Å². The van der Waals surface area contributed by atoms with Gasteiger partial charge in [0.1, 0.15) is 0 Å². The molecule has 0 radical (unpaired) electrons. The van der Waals surface area contributed by atoms with Gasteiger partial charge in [0.15, 0.2) is 0 Å². The van der Waals surface area contributed by atoms with Crippen LogP contribution in [0.3, 0.4) is 0 Å². The molecule has 1 aliphatic heterocycles. The van der Waals surface area contributed by atoms with E-state index in [0.29, 0.717) is 6.04 Å². The van der Waals surface area contributed by atoms with Crippen LogP contribution < -0.4 is 10.6 Å². The Kier molecular flexibility index (Phi) is 3.96. The molecule has 1 saturated carbocycles. The molecule has 3 unspecified atom stereocenters. The van der Waals surface area contributed by atoms with Crippen LogP contribution in [0.25, 0.3) is 0 Å². The Labute approximate surface area is 109 Å². The molecule has 3 atom stereocenters. The molecule has 100 valence electrons. The molecule has 1 aromatic rings. The highest BCUT2D eigenvalue weighted by atomic mass is 15.0. The van der Waals surface area contributed by atoms with E-state index in [-0.39, 0.29) is 0 Å². The SMILES string of the molecule is c1ncc(CNC2CCCC2C2CCCCN2)[nH]1. The van der Waals surface area contributed by atoms with Crippen LogP contribution in [0, 0.1) is 5.92 Å². The Bertz CT molecular complexity index is 343. The number of nitrogens with one attached hydrogen (secondary N) is 3. The van der Waals surface area contributed by atoms with Crippen LogP contribution in [0.5, 0.6) is 0 Å². The summed E-state index contributed by atoms with van der Waals surface area (Å²) in [6, 6.07) is 1.43. The molecule has 0 aromatic carbocycles. The van der Waals surface area contributed by atoms with Gasteiger partial charge in [0.2, 0.25) is 0 Å². The molecule has 0 bridgehead atoms. The molecule has 1 aromatic heterocycles. The van der Waals surface area contributed by atoms with Crippen molar-refractivity contribution in [1.29, 1.82) is 0 Å². The molecule has 1 saturated heterocycles. The lowest BCUT2D eigenvalue weighted by atomic mass is 9.88. The van der Waals surface area contributed by atoms with Gasteiger partial charge < -0.3 is 15.6 Å². The number of aromatic nitrogens is 2. The number of aromatic amines is 1. The van der Waals surface area contributed by atoms with Gasteiger partial charge in [-0.25, -0.2) is 4.98 Å². The number of rotatable bonds is 4. The Morgan fingerprint density at radius 2 is 2.22 bits per heavy atom. The zero-order valence-electron chi connectivity index (χ0n) is 11.0. The predicted octanol–water partition coefficient (Wildman–Crippen LogP) is 1.81. The number of hydrogen-bond donors (Lipinski definition) is 3. The van der Waals surface area contributed by atoms with Gasteiger partial charge in [0, 0.05) is 30.5 Å². The fourth-order valence-corrected chi connectivity index (χ4v) is 3.59. The van der Waals surface area contributed by atoms with E-state index < -0.39 is 0 Å². The number of nitrogens with zero attached hydrogens (tertiary/aromatic N) is 1. The van der Waals surface area contributed by atoms with Crippen molar-refractivity contribution in [2.45, 2.75) is 57.2 Å². The average molecular weight is 248 g/mol. The molecular formula is C14H24N4. The second-order valence-electron chi connectivity index (χ2n) is 5.72. The molecule has 4 heteroatoms. The quantitative estimate of drug-likeness (QED) is 0.761. The molecule has 2 fully saturated rings. The first-order valence-electron chi connectivity index (χ1n) is 7.37. The standard InChI is InChI=1S/C14H24N4/c1-2-7-16-13(5-1)12-4-3-6-14(12)17-9-11-8-15-10-18-11/h8,10,12-14,16-17H,1-7,9H2,(H,15,18). The van der Waals surface area contributed by atoms with Crippen LogP contribution >= 0.6 is 0 Å². The second kappa shape index (κ2) is 5.85. The fourth-order valence-electron chi connectivity index (χ4n) is 3.59. The van der Waals surface area contributed by atoms with Crippen molar-refractivity contribution < 1.29 is 0 Å². The van der Waals surface area contributed by atoms with Crippen molar-refractivity contribution in [3.05, 3.63) is 18.2 Å². The first kappa shape index (κ1) is 12.2. The minimum absolute atomic E-state index is 0.684. The van der Waals surface area contributed by atoms with Crippen LogP contribution in [0.4, 0.5) is 0 Å². The van der Waals surface area contributed by atoms with Gasteiger partial charge in [-0.1, -0.05) is 12.8 Å². The van der Waals surface area contributed by atoms with Crippen molar-refractivity contribution in [3.8, 4) is 0 Å². The summed E-state index contributed by atoms with van der Waals surface area (Å²) in [5, 5.41) is 7.44. The number of imidazole rings is 1. The molecular weight excluding hydrogens is 224 g/mol. The zero-order valence-corrected chi connectivity index (χ0v) is 11.0. The molecule has 18 heavy (non-hydrogen) atoms. The van der Waals surface area contributed by atoms with E-state index >= 15 is 0 Å². The molecule has 2 heterocycles. The lowest BCUT2D eigenvalue weighted by molar-refractivity contribution is 0.256. The summed E-state index contributed by atoms with van der Waals surface area (Å²) in [5.74, 6) is 0.827. The third kappa shape index (κ3) is 2.75. The molecule has 0 amide bonds. The summed E-state index contributed by atoms with van der Waals surface area (Å²) >= 11 is 0. The van der Waals surface area contributed by atoms with Gasteiger partial charge in [-0.05, 0) is 38.1 Å². The van der Waals surface area contributed by atoms with Gasteiger partial charge in [0.25, 0.3) is 0 Å². The summed E-state index contributed by atoms with van der Waals surface area (Å²) in [6.45, 7) is 2.14. The maximum atomic E-state index is 4.07. The predicted molar refractivity (Wildman–Crippen MR) is 72.2 cm³/mol. The van der Waals surface area contributed by atoms with Crippen molar-refractivity contribution in [2.75, 3.05) is 6.54 Å². The van der Waals surface area contributed by atoms with E-state index in [9.17, 15) is 0 Å². The lowest BCUT2D eigenvalue weighted by Crippen LogP contribution is -2.46. The summed E-state index contributed by atoms with van der Waals surface area (Å²) < 4.78 is 0. The summed E-state index contributed by atoms with van der Waals surface area (Å²) in [4.78, 5) is 7.23. The molecule has 3 N–H and O–H groups in total. The molecule has 0 spiro atoms. The molecule has 1 aliphatic carbocycles. The van der Waals surface area contributed by atoms with Crippen molar-refractivity contribution in [3.63, 3.8) is 0 Å². The van der Waals surface area contributed by atoms with Crippen LogP contribution in [0.2, 0.25) is 0 Å². The van der Waals surface area contributed by atoms with Crippen LogP contribution in [0.15, 0.2) is 12.5 Å². The third-order valence-electron chi connectivity index (χ3n) is 4.54. The van der Waals surface area contributed by atoms with Gasteiger partial charge in [0.05, 0.1) is 6.33 Å². The molecule has 2 aliphatic rings. The minimum Gasteiger partial charge on any atom is -0.347 e. The van der Waals surface area contributed by atoms with Crippen molar-refractivity contribution >= 4 is 0 Å². The monoisotopic (exact) mass is 248 g/mol. The average Bonchev–Trinajstić information content (AvgIpc) is 3.09. The summed E-state index contributed by atoms with van der Waals surface area (Å²) in [5.41, 5.74) is 1.19. The van der Waals surface area contributed by atoms with Gasteiger partial charge in [-0.15, -0.1) is 0 Å². The highest BCUT2D eigenvalue weighted by Crippen LogP contribution is 2.31. The third-order valence-corrected chi connectivity index (χ3v) is 4.54. The van der Waals surface area contributed by atoms with Crippen LogP contribution in [-0.4, -0.2) is 28.6 Å². The minimum atomic E-state index is 0.684. The molecule has 3 rings (SSSR count). The van der Waals surface area contributed by atoms with Crippen LogP contribution in [-0.2, 0) is 6.54 Å². The van der Waals surface area contributed by atoms with Gasteiger partial charge >= 0.3 is 0 Å². The highest BCUT2D eigenvalue weighted by molar-refractivity contribution is 4.97. The van der Waals surface area contributed by atoms with Gasteiger partial charge in [-0.3, -0.25) is 0 Å². The maximum Gasteiger partial charge on any atom is 0.0922 e. The van der Waals surface area contributed by atoms with E-state index in [4.69, 9.17) is 0 Å². The molecule has 4 nitrogen and oxygen atoms in total. The van der Waals surface area contributed by atoms with E-state index in [1.807, 2.05) is 6.20 Å². The van der Waals surface area contributed by atoms with E-state index in [1.54, 1.807) is 6.33 Å². The van der Waals surface area contributed by atoms with Crippen LogP contribution in [0.1, 0.15) is 44.2 Å². The fraction of sp³-hybridized carbons (Fsp3) is 0.786. The first-order chi connectivity index (χ1) is 8.93. The topological polar surface area (TPSA) is 52.7 Å². The maximum absolute atomic E-state index is 4.07. The Morgan fingerprint density at radius 1 is 1.22 bits per heavy atom. The summed E-state index contributed by atoms with van der Waals surface area (Å²) in [7, 11) is 0. The highest BCUT2D eigenvalue weighted by Gasteiger charge is 2.33. The first-order valence-corrected chi connectivity index (χ1v) is 7.37. The van der Waals surface area contributed by atoms with E-state index in [2.05, 4.69) is 20.6 Å². The normalized spacial score (nSPS) is 32.8. The number of H-pyrrole nitrogens is 1.